The minimum absolute atomic E-state index is 0.0584. The van der Waals surface area contributed by atoms with Crippen molar-refractivity contribution in [3.8, 4) is 0 Å². The number of nitrogens with zero attached hydrogens (tertiary/aromatic N) is 1. The molecule has 0 amide bonds. The van der Waals surface area contributed by atoms with Gasteiger partial charge in [0.15, 0.2) is 23.6 Å². The number of carbonyl (C=O) groups is 6. The number of ether oxygens (including phenoxy) is 6. The van der Waals surface area contributed by atoms with E-state index in [1.807, 2.05) is 49.3 Å². The van der Waals surface area contributed by atoms with Crippen LogP contribution in [0.4, 0.5) is 0 Å². The molecule has 14 nitrogen and oxygen atoms in total. The molecule has 1 aliphatic heterocycles. The zero-order valence-electron chi connectivity index (χ0n) is 31.8. The molecule has 3 saturated carbocycles. The Morgan fingerprint density at radius 2 is 1.45 bits per heavy atom. The van der Waals surface area contributed by atoms with Gasteiger partial charge in [-0.2, -0.15) is 0 Å². The third-order valence-electron chi connectivity index (χ3n) is 12.3. The van der Waals surface area contributed by atoms with Crippen LogP contribution in [0.25, 0.3) is 0 Å². The summed E-state index contributed by atoms with van der Waals surface area (Å²) < 4.78 is 36.4. The summed E-state index contributed by atoms with van der Waals surface area (Å²) in [4.78, 5) is 81.8. The summed E-state index contributed by atoms with van der Waals surface area (Å²) >= 11 is 0. The van der Waals surface area contributed by atoms with E-state index in [1.54, 1.807) is 13.8 Å². The van der Waals surface area contributed by atoms with Gasteiger partial charge < -0.3 is 38.4 Å². The molecule has 1 aromatic carbocycles. The first-order chi connectivity index (χ1) is 24.6. The summed E-state index contributed by atoms with van der Waals surface area (Å²) in [6.45, 7) is 13.4. The van der Waals surface area contributed by atoms with Gasteiger partial charge in [0.25, 0.3) is 0 Å². The lowest BCUT2D eigenvalue weighted by molar-refractivity contribution is -0.295. The van der Waals surface area contributed by atoms with E-state index in [0.717, 1.165) is 19.4 Å². The Hall–Kier alpha value is -4.14. The zero-order valence-corrected chi connectivity index (χ0v) is 31.8. The third kappa shape index (κ3) is 6.46. The van der Waals surface area contributed by atoms with Crippen molar-refractivity contribution in [3.05, 3.63) is 48.0 Å². The molecule has 4 aliphatic rings. The van der Waals surface area contributed by atoms with Crippen molar-refractivity contribution in [2.24, 2.45) is 22.7 Å². The van der Waals surface area contributed by atoms with Crippen LogP contribution in [0, 0.1) is 22.7 Å². The number of esters is 5. The minimum Gasteiger partial charge on any atom is -0.462 e. The van der Waals surface area contributed by atoms with Crippen molar-refractivity contribution in [2.45, 2.75) is 115 Å². The van der Waals surface area contributed by atoms with Gasteiger partial charge in [0.05, 0.1) is 18.4 Å². The minimum atomic E-state index is -2.36. The first-order valence-corrected chi connectivity index (χ1v) is 17.8. The number of carbonyl (C=O) groups excluding carboxylic acids is 6. The van der Waals surface area contributed by atoms with Crippen LogP contribution in [-0.4, -0.2) is 108 Å². The zero-order chi connectivity index (χ0) is 39.4. The summed E-state index contributed by atoms with van der Waals surface area (Å²) in [5.74, 6) is -6.51. The smallest absolute Gasteiger partial charge is 0.308 e. The molecule has 0 radical (unpaired) electrons. The van der Waals surface area contributed by atoms with Gasteiger partial charge in [-0.05, 0) is 32.2 Å². The van der Waals surface area contributed by atoms with Crippen LogP contribution >= 0.6 is 0 Å². The summed E-state index contributed by atoms with van der Waals surface area (Å²) in [5, 5.41) is 13.1. The molecular formula is C39H51NO13. The van der Waals surface area contributed by atoms with Crippen molar-refractivity contribution in [2.75, 3.05) is 20.7 Å². The number of Topliss-reactive ketones (excluding diaryl/α,β-unsaturated/α-hetero) is 1. The first-order valence-electron chi connectivity index (χ1n) is 17.8. The van der Waals surface area contributed by atoms with Crippen LogP contribution in [0.3, 0.4) is 0 Å². The molecule has 1 heterocycles. The fourth-order valence-electron chi connectivity index (χ4n) is 9.71. The number of fused-ring (bicyclic) bond motifs is 1. The fourth-order valence-corrected chi connectivity index (χ4v) is 9.71. The maximum absolute atomic E-state index is 14.2. The number of benzene rings is 1. The van der Waals surface area contributed by atoms with Gasteiger partial charge in [0.2, 0.25) is 0 Å². The van der Waals surface area contributed by atoms with Gasteiger partial charge in [0.1, 0.15) is 23.9 Å². The molecule has 290 valence electrons. The molecule has 4 bridgehead atoms. The molecule has 12 atom stereocenters. The van der Waals surface area contributed by atoms with Crippen molar-refractivity contribution in [3.63, 3.8) is 0 Å². The summed E-state index contributed by atoms with van der Waals surface area (Å²) in [6.07, 6.45) is -7.59. The largest absolute Gasteiger partial charge is 0.462 e. The van der Waals surface area contributed by atoms with Gasteiger partial charge in [-0.1, -0.05) is 50.8 Å². The first kappa shape index (κ1) is 40.1. The predicted octanol–water partition coefficient (Wildman–Crippen LogP) is 3.03. The molecule has 4 fully saturated rings. The number of ketones is 1. The van der Waals surface area contributed by atoms with E-state index in [9.17, 15) is 33.9 Å². The molecule has 0 spiro atoms. The highest BCUT2D eigenvalue weighted by Gasteiger charge is 2.82. The maximum atomic E-state index is 14.2. The second-order valence-corrected chi connectivity index (χ2v) is 15.7. The van der Waals surface area contributed by atoms with Gasteiger partial charge in [-0.3, -0.25) is 28.8 Å². The van der Waals surface area contributed by atoms with E-state index in [0.29, 0.717) is 0 Å². The Morgan fingerprint density at radius 3 is 2.00 bits per heavy atom. The lowest BCUT2D eigenvalue weighted by atomic mass is 9.44. The van der Waals surface area contributed by atoms with Crippen LogP contribution in [0.2, 0.25) is 0 Å². The number of hydrogen-bond donors (Lipinski definition) is 1. The SMILES string of the molecule is C=C1[C@@H](OC(=O)C[C@H](c2ccccc2)N(C)C)C[C@H](OC(C)=O)[C@@]2(C)[C@@H](OC(C)=O)[C@H](OC(C)=O)[C@]3(O)[C@@]4(C)CO[C@]3(C)C(=O)C[C@H]4[C@@H](OC(C)=O)[C@H]12. The van der Waals surface area contributed by atoms with E-state index in [1.165, 1.54) is 20.8 Å². The Labute approximate surface area is 309 Å². The number of rotatable bonds is 9. The molecule has 53 heavy (non-hydrogen) atoms. The molecule has 1 N–H and O–H groups in total. The normalized spacial score (nSPS) is 38.1. The lowest BCUT2D eigenvalue weighted by Crippen LogP contribution is -2.80. The lowest BCUT2D eigenvalue weighted by Gasteiger charge is -2.64. The molecule has 1 aromatic rings. The fraction of sp³-hybridized carbons (Fsp3) is 0.641. The highest BCUT2D eigenvalue weighted by Crippen LogP contribution is 2.67. The van der Waals surface area contributed by atoms with E-state index in [4.69, 9.17) is 28.4 Å². The molecule has 5 rings (SSSR count). The summed E-state index contributed by atoms with van der Waals surface area (Å²) in [6, 6.07) is 9.05. The van der Waals surface area contributed by atoms with E-state index in [2.05, 4.69) is 6.58 Å². The van der Waals surface area contributed by atoms with Crippen molar-refractivity contribution < 1.29 is 62.3 Å². The highest BCUT2D eigenvalue weighted by atomic mass is 16.6. The molecule has 14 heteroatoms. The topological polar surface area (TPSA) is 181 Å². The van der Waals surface area contributed by atoms with E-state index < -0.39 is 100 Å². The van der Waals surface area contributed by atoms with Gasteiger partial charge >= 0.3 is 29.8 Å². The molecule has 1 saturated heterocycles. The van der Waals surface area contributed by atoms with Gasteiger partial charge in [0, 0.05) is 63.8 Å². The number of hydrogen-bond acceptors (Lipinski definition) is 14. The molecule has 0 aromatic heterocycles. The van der Waals surface area contributed by atoms with E-state index >= 15 is 0 Å². The standard InChI is InChI=1S/C39H51NO13/c1-20-28(53-31(46)17-27(40(9)10)25-14-12-11-13-15-25)18-30(49-21(2)41)37(7)32(20)33(50-22(3)42)26-16-29(45)38(8)39(47,36(26,6)19-48-38)35(52-24(5)44)34(37)51-23(4)43/h11-15,26-28,30,32-35,47H,1,16-19H2,2-10H3/t26-,27+,28-,30-,32-,33+,34-,35-,36-,37+,38+,39-/m0/s1. The number of aliphatic hydroxyl groups is 1. The second-order valence-electron chi connectivity index (χ2n) is 15.7. The average Bonchev–Trinajstić information content (AvgIpc) is 3.20. The van der Waals surface area contributed by atoms with Crippen molar-refractivity contribution in [1.29, 1.82) is 0 Å². The third-order valence-corrected chi connectivity index (χ3v) is 12.3. The maximum Gasteiger partial charge on any atom is 0.308 e. The second kappa shape index (κ2) is 14.3. The Balaban J connectivity index is 1.73. The van der Waals surface area contributed by atoms with Crippen molar-refractivity contribution in [1.82, 2.24) is 4.90 Å². The Bertz CT molecular complexity index is 1680. The molecule has 3 aliphatic carbocycles. The average molecular weight is 742 g/mol. The van der Waals surface area contributed by atoms with Crippen LogP contribution in [0.5, 0.6) is 0 Å². The van der Waals surface area contributed by atoms with Crippen LogP contribution in [-0.2, 0) is 57.2 Å². The van der Waals surface area contributed by atoms with Gasteiger partial charge in [-0.25, -0.2) is 0 Å². The van der Waals surface area contributed by atoms with Crippen molar-refractivity contribution >= 4 is 35.6 Å². The van der Waals surface area contributed by atoms with Gasteiger partial charge in [-0.15, -0.1) is 0 Å². The Kier molecular flexibility index (Phi) is 10.8. The van der Waals surface area contributed by atoms with Crippen LogP contribution in [0.15, 0.2) is 42.5 Å². The monoisotopic (exact) mass is 741 g/mol. The quantitative estimate of drug-likeness (QED) is 0.222. The molecule has 0 unspecified atom stereocenters. The van der Waals surface area contributed by atoms with Crippen LogP contribution < -0.4 is 0 Å². The highest BCUT2D eigenvalue weighted by molar-refractivity contribution is 5.91. The summed E-state index contributed by atoms with van der Waals surface area (Å²) in [7, 11) is 3.68. The molecular weight excluding hydrogens is 690 g/mol. The van der Waals surface area contributed by atoms with E-state index in [-0.39, 0.29) is 37.5 Å². The Morgan fingerprint density at radius 1 is 0.887 bits per heavy atom. The van der Waals surface area contributed by atoms with Crippen LogP contribution in [0.1, 0.15) is 79.3 Å². The predicted molar refractivity (Wildman–Crippen MR) is 185 cm³/mol. The summed E-state index contributed by atoms with van der Waals surface area (Å²) in [5.41, 5.74) is -6.36.